The summed E-state index contributed by atoms with van der Waals surface area (Å²) in [6.45, 7) is 0.263. The summed E-state index contributed by atoms with van der Waals surface area (Å²) in [6.07, 6.45) is 2.98. The normalized spacial score (nSPS) is 36.3. The number of carbonyl (C=O) groups is 2. The number of amides is 1. The Morgan fingerprint density at radius 3 is 2.76 bits per heavy atom. The first kappa shape index (κ1) is 12.5. The molecule has 1 spiro atoms. The van der Waals surface area contributed by atoms with Crippen molar-refractivity contribution in [3.05, 3.63) is 42.2 Å². The number of carboxylic acid groups (broad SMARTS) is 1. The Hall–Kier alpha value is -2.21. The first-order valence-electron chi connectivity index (χ1n) is 6.69. The van der Waals surface area contributed by atoms with Crippen LogP contribution in [0.2, 0.25) is 0 Å². The summed E-state index contributed by atoms with van der Waals surface area (Å²) in [5.41, 5.74) is -0.311. The van der Waals surface area contributed by atoms with Gasteiger partial charge in [-0.15, -0.1) is 0 Å². The van der Waals surface area contributed by atoms with E-state index in [2.05, 4.69) is 0 Å². The third kappa shape index (κ3) is 1.53. The molecule has 2 fully saturated rings. The summed E-state index contributed by atoms with van der Waals surface area (Å²) in [6, 6.07) is 5.57. The van der Waals surface area contributed by atoms with Crippen molar-refractivity contribution < 1.29 is 23.8 Å². The fourth-order valence-electron chi connectivity index (χ4n) is 3.62. The molecule has 2 saturated heterocycles. The number of nitrogens with zero attached hydrogens (tertiary/aromatic N) is 1. The molecule has 0 radical (unpaired) electrons. The van der Waals surface area contributed by atoms with Gasteiger partial charge >= 0.3 is 5.97 Å². The van der Waals surface area contributed by atoms with Crippen molar-refractivity contribution in [2.45, 2.75) is 11.7 Å². The molecule has 3 aliphatic rings. The topological polar surface area (TPSA) is 66.8 Å². The Labute approximate surface area is 119 Å². The number of anilines is 1. The molecular formula is C15H12FNO4. The number of carbonyl (C=O) groups excluding carboxylic acids is 1. The molecule has 21 heavy (non-hydrogen) atoms. The van der Waals surface area contributed by atoms with Gasteiger partial charge in [-0.1, -0.05) is 12.2 Å². The molecule has 3 heterocycles. The second kappa shape index (κ2) is 3.92. The highest BCUT2D eigenvalue weighted by Crippen LogP contribution is 2.52. The predicted octanol–water partition coefficient (Wildman–Crippen LogP) is 1.20. The molecule has 3 aliphatic heterocycles. The lowest BCUT2D eigenvalue weighted by Gasteiger charge is -2.21. The van der Waals surface area contributed by atoms with Gasteiger partial charge < -0.3 is 14.7 Å². The standard InChI is InChI=1S/C15H12FNO4/c16-8-1-3-9(4-2-8)17-7-15-6-5-10(21-15)11(14(19)20)12(15)13(17)18/h1-6,10-12H,7H2,(H,19,20)/t10-,11-,12+,15-/m0/s1. The van der Waals surface area contributed by atoms with Gasteiger partial charge in [0.05, 0.1) is 18.6 Å². The van der Waals surface area contributed by atoms with Crippen molar-refractivity contribution in [2.75, 3.05) is 11.4 Å². The maximum atomic E-state index is 13.0. The number of hydrogen-bond acceptors (Lipinski definition) is 3. The Kier molecular flexibility index (Phi) is 2.34. The highest BCUT2D eigenvalue weighted by atomic mass is 19.1. The van der Waals surface area contributed by atoms with Crippen LogP contribution in [-0.4, -0.2) is 35.2 Å². The molecule has 0 aliphatic carbocycles. The third-order valence-corrected chi connectivity index (χ3v) is 4.52. The van der Waals surface area contributed by atoms with Gasteiger partial charge in [-0.05, 0) is 24.3 Å². The van der Waals surface area contributed by atoms with E-state index in [4.69, 9.17) is 4.74 Å². The lowest BCUT2D eigenvalue weighted by atomic mass is 9.77. The van der Waals surface area contributed by atoms with Crippen molar-refractivity contribution in [2.24, 2.45) is 11.8 Å². The first-order chi connectivity index (χ1) is 10.0. The van der Waals surface area contributed by atoms with E-state index in [1.807, 2.05) is 0 Å². The quantitative estimate of drug-likeness (QED) is 0.831. The van der Waals surface area contributed by atoms with Crippen LogP contribution < -0.4 is 4.90 Å². The highest BCUT2D eigenvalue weighted by Gasteiger charge is 2.67. The maximum absolute atomic E-state index is 13.0. The SMILES string of the molecule is O=C(O)[C@H]1[C@@H]2C=C[C@@]3(CN(c4ccc(F)cc4)C(=O)[C@@H]13)O2. The molecule has 4 rings (SSSR count). The molecule has 2 bridgehead atoms. The number of carboxylic acids is 1. The number of hydrogen-bond donors (Lipinski definition) is 1. The van der Waals surface area contributed by atoms with E-state index in [1.165, 1.54) is 29.2 Å². The lowest BCUT2D eigenvalue weighted by molar-refractivity contribution is -0.146. The third-order valence-electron chi connectivity index (χ3n) is 4.52. The van der Waals surface area contributed by atoms with Crippen LogP contribution in [0.3, 0.4) is 0 Å². The van der Waals surface area contributed by atoms with Gasteiger partial charge in [-0.3, -0.25) is 9.59 Å². The van der Waals surface area contributed by atoms with E-state index in [1.54, 1.807) is 12.2 Å². The van der Waals surface area contributed by atoms with E-state index in [9.17, 15) is 19.1 Å². The summed E-state index contributed by atoms with van der Waals surface area (Å²) in [7, 11) is 0. The molecule has 0 unspecified atom stereocenters. The number of benzene rings is 1. The zero-order chi connectivity index (χ0) is 14.8. The summed E-state index contributed by atoms with van der Waals surface area (Å²) in [5, 5.41) is 9.36. The molecule has 108 valence electrons. The smallest absolute Gasteiger partial charge is 0.310 e. The van der Waals surface area contributed by atoms with Crippen molar-refractivity contribution >= 4 is 17.6 Å². The lowest BCUT2D eigenvalue weighted by Crippen LogP contribution is -2.39. The van der Waals surface area contributed by atoms with Crippen molar-refractivity contribution in [1.82, 2.24) is 0 Å². The van der Waals surface area contributed by atoms with Gasteiger partial charge in [-0.2, -0.15) is 0 Å². The fraction of sp³-hybridized carbons (Fsp3) is 0.333. The van der Waals surface area contributed by atoms with Crippen LogP contribution in [0.4, 0.5) is 10.1 Å². The van der Waals surface area contributed by atoms with Crippen molar-refractivity contribution in [3.8, 4) is 0 Å². The van der Waals surface area contributed by atoms with Crippen LogP contribution in [0, 0.1) is 17.7 Å². The monoisotopic (exact) mass is 289 g/mol. The Balaban J connectivity index is 1.73. The van der Waals surface area contributed by atoms with E-state index < -0.39 is 29.5 Å². The number of ether oxygens (including phenoxy) is 1. The molecular weight excluding hydrogens is 277 g/mol. The zero-order valence-electron chi connectivity index (χ0n) is 10.9. The molecule has 1 aromatic rings. The summed E-state index contributed by atoms with van der Waals surface area (Å²) >= 11 is 0. The minimum absolute atomic E-state index is 0.263. The molecule has 4 atom stereocenters. The largest absolute Gasteiger partial charge is 0.481 e. The molecule has 6 heteroatoms. The first-order valence-corrected chi connectivity index (χ1v) is 6.69. The van der Waals surface area contributed by atoms with E-state index in [0.29, 0.717) is 5.69 Å². The van der Waals surface area contributed by atoms with Crippen molar-refractivity contribution in [1.29, 1.82) is 0 Å². The minimum atomic E-state index is -1.02. The minimum Gasteiger partial charge on any atom is -0.481 e. The number of halogens is 1. The van der Waals surface area contributed by atoms with Crippen LogP contribution in [0.25, 0.3) is 0 Å². The van der Waals surface area contributed by atoms with Crippen LogP contribution >= 0.6 is 0 Å². The summed E-state index contributed by atoms with van der Waals surface area (Å²) in [4.78, 5) is 25.5. The Morgan fingerprint density at radius 2 is 2.10 bits per heavy atom. The number of fused-ring (bicyclic) bond motifs is 1. The maximum Gasteiger partial charge on any atom is 0.310 e. The summed E-state index contributed by atoms with van der Waals surface area (Å²) < 4.78 is 18.8. The molecule has 0 saturated carbocycles. The molecule has 1 N–H and O–H groups in total. The predicted molar refractivity (Wildman–Crippen MR) is 70.1 cm³/mol. The van der Waals surface area contributed by atoms with Gasteiger partial charge in [0.2, 0.25) is 5.91 Å². The second-order valence-corrected chi connectivity index (χ2v) is 5.64. The van der Waals surface area contributed by atoms with Crippen molar-refractivity contribution in [3.63, 3.8) is 0 Å². The average Bonchev–Trinajstić information content (AvgIpc) is 3.08. The molecule has 1 aromatic carbocycles. The van der Waals surface area contributed by atoms with E-state index in [-0.39, 0.29) is 18.3 Å². The highest BCUT2D eigenvalue weighted by molar-refractivity contribution is 6.02. The van der Waals surface area contributed by atoms with Gasteiger partial charge in [0.15, 0.2) is 0 Å². The summed E-state index contributed by atoms with van der Waals surface area (Å²) in [5.74, 6) is -3.25. The van der Waals surface area contributed by atoms with E-state index >= 15 is 0 Å². The number of aliphatic carboxylic acids is 1. The number of rotatable bonds is 2. The van der Waals surface area contributed by atoms with Gasteiger partial charge in [-0.25, -0.2) is 4.39 Å². The molecule has 1 amide bonds. The van der Waals surface area contributed by atoms with Crippen LogP contribution in [0.5, 0.6) is 0 Å². The van der Waals surface area contributed by atoms with Gasteiger partial charge in [0, 0.05) is 5.69 Å². The van der Waals surface area contributed by atoms with E-state index in [0.717, 1.165) is 0 Å². The fourth-order valence-corrected chi connectivity index (χ4v) is 3.62. The molecule has 5 nitrogen and oxygen atoms in total. The second-order valence-electron chi connectivity index (χ2n) is 5.64. The van der Waals surface area contributed by atoms with Gasteiger partial charge in [0.25, 0.3) is 0 Å². The van der Waals surface area contributed by atoms with Crippen LogP contribution in [-0.2, 0) is 14.3 Å². The average molecular weight is 289 g/mol. The van der Waals surface area contributed by atoms with Gasteiger partial charge in [0.1, 0.15) is 17.3 Å². The van der Waals surface area contributed by atoms with Crippen LogP contribution in [0.15, 0.2) is 36.4 Å². The van der Waals surface area contributed by atoms with Crippen LogP contribution in [0.1, 0.15) is 0 Å². The Bertz CT molecular complexity index is 671. The molecule has 0 aromatic heterocycles. The zero-order valence-corrected chi connectivity index (χ0v) is 10.9. The Morgan fingerprint density at radius 1 is 1.38 bits per heavy atom.